The molecule has 1 heterocycles. The quantitative estimate of drug-likeness (QED) is 0.756. The van der Waals surface area contributed by atoms with Gasteiger partial charge in [-0.15, -0.1) is 0 Å². The number of hydrogen-bond donors (Lipinski definition) is 1. The van der Waals surface area contributed by atoms with E-state index in [0.29, 0.717) is 0 Å². The number of anilines is 1. The van der Waals surface area contributed by atoms with Gasteiger partial charge in [-0.3, -0.25) is 4.79 Å². The Morgan fingerprint density at radius 3 is 2.29 bits per heavy atom. The van der Waals surface area contributed by atoms with Gasteiger partial charge in [-0.1, -0.05) is 0 Å². The average Bonchev–Trinajstić information content (AvgIpc) is 2.29. The lowest BCUT2D eigenvalue weighted by atomic mass is 10.0. The van der Waals surface area contributed by atoms with Crippen LogP contribution in [0.5, 0.6) is 0 Å². The van der Waals surface area contributed by atoms with Crippen molar-refractivity contribution < 1.29 is 0 Å². The van der Waals surface area contributed by atoms with Gasteiger partial charge in [0.15, 0.2) is 0 Å². The number of rotatable bonds is 1. The molecule has 0 aliphatic heterocycles. The molecule has 0 atom stereocenters. The van der Waals surface area contributed by atoms with Gasteiger partial charge in [0.05, 0.1) is 5.69 Å². The van der Waals surface area contributed by atoms with Crippen LogP contribution in [0.25, 0.3) is 11.3 Å². The molecule has 1 aromatic heterocycles. The lowest BCUT2D eigenvalue weighted by molar-refractivity contribution is 0.712. The second-order valence-electron chi connectivity index (χ2n) is 4.20. The average molecular weight is 229 g/mol. The monoisotopic (exact) mass is 229 g/mol. The smallest absolute Gasteiger partial charge is 0.266 e. The highest BCUT2D eigenvalue weighted by Crippen LogP contribution is 2.24. The minimum atomic E-state index is -0.113. The van der Waals surface area contributed by atoms with Crippen molar-refractivity contribution >= 4 is 5.69 Å². The van der Waals surface area contributed by atoms with Crippen LogP contribution in [0.3, 0.4) is 0 Å². The van der Waals surface area contributed by atoms with Crippen molar-refractivity contribution in [3.05, 3.63) is 45.7 Å². The van der Waals surface area contributed by atoms with Gasteiger partial charge in [0.2, 0.25) is 0 Å². The molecule has 0 unspecified atom stereocenters. The molecule has 0 saturated heterocycles. The van der Waals surface area contributed by atoms with Crippen molar-refractivity contribution in [2.45, 2.75) is 13.8 Å². The summed E-state index contributed by atoms with van der Waals surface area (Å²) < 4.78 is 1.33. The maximum absolute atomic E-state index is 11.3. The minimum Gasteiger partial charge on any atom is -0.398 e. The Hall–Kier alpha value is -2.10. The topological polar surface area (TPSA) is 60.9 Å². The molecule has 17 heavy (non-hydrogen) atoms. The van der Waals surface area contributed by atoms with Crippen molar-refractivity contribution in [2.24, 2.45) is 7.05 Å². The lowest BCUT2D eigenvalue weighted by Crippen LogP contribution is -2.18. The molecule has 0 fully saturated rings. The maximum Gasteiger partial charge on any atom is 0.266 e. The van der Waals surface area contributed by atoms with Crippen molar-refractivity contribution in [3.63, 3.8) is 0 Å². The van der Waals surface area contributed by atoms with E-state index in [0.717, 1.165) is 28.1 Å². The van der Waals surface area contributed by atoms with Gasteiger partial charge in [-0.2, -0.15) is 5.10 Å². The number of nitrogens with zero attached hydrogens (tertiary/aromatic N) is 2. The highest BCUT2D eigenvalue weighted by molar-refractivity contribution is 5.67. The molecule has 0 bridgehead atoms. The van der Waals surface area contributed by atoms with E-state index in [-0.39, 0.29) is 5.56 Å². The Morgan fingerprint density at radius 1 is 1.18 bits per heavy atom. The van der Waals surface area contributed by atoms with E-state index in [2.05, 4.69) is 5.10 Å². The summed E-state index contributed by atoms with van der Waals surface area (Å²) >= 11 is 0. The number of hydrogen-bond acceptors (Lipinski definition) is 3. The molecular weight excluding hydrogens is 214 g/mol. The number of benzene rings is 1. The van der Waals surface area contributed by atoms with Crippen LogP contribution in [0.1, 0.15) is 11.1 Å². The van der Waals surface area contributed by atoms with Crippen molar-refractivity contribution in [1.29, 1.82) is 0 Å². The highest BCUT2D eigenvalue weighted by Gasteiger charge is 2.05. The summed E-state index contributed by atoms with van der Waals surface area (Å²) in [7, 11) is 1.64. The number of aryl methyl sites for hydroxylation is 3. The predicted molar refractivity (Wildman–Crippen MR) is 68.8 cm³/mol. The third-order valence-electron chi connectivity index (χ3n) is 2.85. The molecule has 0 radical (unpaired) electrons. The number of nitrogens with two attached hydrogens (primary N) is 1. The molecule has 2 aromatic rings. The molecule has 4 heteroatoms. The van der Waals surface area contributed by atoms with Crippen molar-refractivity contribution in [3.8, 4) is 11.3 Å². The standard InChI is InChI=1S/C13H15N3O/c1-8-6-10(7-9(2)13(8)14)11-4-5-12(17)16(3)15-11/h4-7H,14H2,1-3H3. The van der Waals surface area contributed by atoms with Gasteiger partial charge in [-0.05, 0) is 43.2 Å². The van der Waals surface area contributed by atoms with E-state index in [4.69, 9.17) is 5.73 Å². The molecule has 0 spiro atoms. The molecule has 0 aliphatic rings. The van der Waals surface area contributed by atoms with E-state index in [1.54, 1.807) is 13.1 Å². The van der Waals surface area contributed by atoms with Gasteiger partial charge in [-0.25, -0.2) is 4.68 Å². The van der Waals surface area contributed by atoms with Gasteiger partial charge < -0.3 is 5.73 Å². The predicted octanol–water partition coefficient (Wildman–Crippen LogP) is 1.65. The first-order valence-corrected chi connectivity index (χ1v) is 5.40. The summed E-state index contributed by atoms with van der Waals surface area (Å²) in [5, 5.41) is 4.22. The van der Waals surface area contributed by atoms with Crippen LogP contribution in [0.2, 0.25) is 0 Å². The van der Waals surface area contributed by atoms with E-state index < -0.39 is 0 Å². The fourth-order valence-corrected chi connectivity index (χ4v) is 1.78. The van der Waals surface area contributed by atoms with Gasteiger partial charge in [0, 0.05) is 24.4 Å². The lowest BCUT2D eigenvalue weighted by Gasteiger charge is -2.09. The summed E-state index contributed by atoms with van der Waals surface area (Å²) in [6.07, 6.45) is 0. The third-order valence-corrected chi connectivity index (χ3v) is 2.85. The Kier molecular flexibility index (Phi) is 2.71. The van der Waals surface area contributed by atoms with Crippen LogP contribution >= 0.6 is 0 Å². The van der Waals surface area contributed by atoms with Crippen LogP contribution in [0, 0.1) is 13.8 Å². The summed E-state index contributed by atoms with van der Waals surface area (Å²) in [5.41, 5.74) is 10.4. The Labute approximate surface area is 99.7 Å². The summed E-state index contributed by atoms with van der Waals surface area (Å²) in [4.78, 5) is 11.3. The summed E-state index contributed by atoms with van der Waals surface area (Å²) in [5.74, 6) is 0. The van der Waals surface area contributed by atoms with E-state index >= 15 is 0 Å². The largest absolute Gasteiger partial charge is 0.398 e. The zero-order valence-electron chi connectivity index (χ0n) is 10.2. The summed E-state index contributed by atoms with van der Waals surface area (Å²) in [6, 6.07) is 7.21. The van der Waals surface area contributed by atoms with Gasteiger partial charge in [0.1, 0.15) is 0 Å². The first kappa shape index (κ1) is 11.4. The number of aromatic nitrogens is 2. The van der Waals surface area contributed by atoms with Crippen molar-refractivity contribution in [1.82, 2.24) is 9.78 Å². The van der Waals surface area contributed by atoms with Gasteiger partial charge in [0.25, 0.3) is 5.56 Å². The third kappa shape index (κ3) is 2.06. The second-order valence-corrected chi connectivity index (χ2v) is 4.20. The second kappa shape index (κ2) is 4.05. The molecule has 2 N–H and O–H groups in total. The van der Waals surface area contributed by atoms with E-state index in [1.807, 2.05) is 26.0 Å². The SMILES string of the molecule is Cc1cc(-c2ccc(=O)n(C)n2)cc(C)c1N. The molecular formula is C13H15N3O. The van der Waals surface area contributed by atoms with Crippen LogP contribution in [0.15, 0.2) is 29.1 Å². The normalized spacial score (nSPS) is 10.5. The highest BCUT2D eigenvalue weighted by atomic mass is 16.1. The summed E-state index contributed by atoms with van der Waals surface area (Å²) in [6.45, 7) is 3.93. The first-order chi connectivity index (χ1) is 7.99. The Morgan fingerprint density at radius 2 is 1.76 bits per heavy atom. The minimum absolute atomic E-state index is 0.113. The van der Waals surface area contributed by atoms with Crippen LogP contribution in [-0.2, 0) is 7.05 Å². The molecule has 4 nitrogen and oxygen atoms in total. The zero-order valence-corrected chi connectivity index (χ0v) is 10.2. The maximum atomic E-state index is 11.3. The molecule has 0 saturated carbocycles. The Bertz CT molecular complexity index is 606. The van der Waals surface area contributed by atoms with Gasteiger partial charge >= 0.3 is 0 Å². The Balaban J connectivity index is 2.61. The molecule has 2 rings (SSSR count). The molecule has 0 aliphatic carbocycles. The van der Waals surface area contributed by atoms with E-state index in [1.165, 1.54) is 10.7 Å². The van der Waals surface area contributed by atoms with Crippen LogP contribution < -0.4 is 11.3 Å². The van der Waals surface area contributed by atoms with Crippen LogP contribution in [-0.4, -0.2) is 9.78 Å². The molecule has 0 amide bonds. The zero-order chi connectivity index (χ0) is 12.6. The fourth-order valence-electron chi connectivity index (χ4n) is 1.78. The van der Waals surface area contributed by atoms with Crippen molar-refractivity contribution in [2.75, 3.05) is 5.73 Å². The first-order valence-electron chi connectivity index (χ1n) is 5.40. The van der Waals surface area contributed by atoms with E-state index in [9.17, 15) is 4.79 Å². The number of nitrogen functional groups attached to an aromatic ring is 1. The molecule has 88 valence electrons. The fraction of sp³-hybridized carbons (Fsp3) is 0.231. The molecule has 1 aromatic carbocycles. The van der Waals surface area contributed by atoms with Crippen LogP contribution in [0.4, 0.5) is 5.69 Å².